The zero-order valence-corrected chi connectivity index (χ0v) is 15.2. The van der Waals surface area contributed by atoms with Crippen LogP contribution in [0.4, 0.5) is 0 Å². The van der Waals surface area contributed by atoms with Crippen LogP contribution in [-0.4, -0.2) is 11.7 Å². The summed E-state index contributed by atoms with van der Waals surface area (Å²) in [5.41, 5.74) is 2.01. The maximum atomic E-state index is 12.1. The van der Waals surface area contributed by atoms with Crippen LogP contribution in [0.1, 0.15) is 30.5 Å². The molecule has 0 heterocycles. The van der Waals surface area contributed by atoms with Crippen molar-refractivity contribution >= 4 is 40.9 Å². The Morgan fingerprint density at radius 2 is 1.74 bits per heavy atom. The van der Waals surface area contributed by atoms with Crippen molar-refractivity contribution in [1.29, 1.82) is 0 Å². The Morgan fingerprint density at radius 1 is 1.09 bits per heavy atom. The lowest BCUT2D eigenvalue weighted by atomic mass is 10.0. The van der Waals surface area contributed by atoms with Crippen LogP contribution in [0.2, 0.25) is 10.0 Å². The second-order valence-corrected chi connectivity index (χ2v) is 6.93. The minimum absolute atomic E-state index is 0.0221. The van der Waals surface area contributed by atoms with Crippen LogP contribution in [0.15, 0.2) is 48.5 Å². The minimum Gasteiger partial charge on any atom is -0.349 e. The molecule has 0 saturated heterocycles. The predicted octanol–water partition coefficient (Wildman–Crippen LogP) is 5.49. The maximum absolute atomic E-state index is 12.1. The van der Waals surface area contributed by atoms with Gasteiger partial charge >= 0.3 is 0 Å². The van der Waals surface area contributed by atoms with Gasteiger partial charge in [0, 0.05) is 15.8 Å². The first-order chi connectivity index (χ1) is 11.1. The maximum Gasteiger partial charge on any atom is 0.230 e. The first kappa shape index (κ1) is 18.2. The molecule has 0 aliphatic heterocycles. The molecule has 0 radical (unpaired) electrons. The average molecular weight is 368 g/mol. The molecular weight excluding hydrogens is 349 g/mol. The van der Waals surface area contributed by atoms with E-state index in [0.29, 0.717) is 21.6 Å². The molecule has 0 saturated carbocycles. The molecule has 0 spiro atoms. The summed E-state index contributed by atoms with van der Waals surface area (Å²) in [6.07, 6.45) is 0.858. The number of carbonyl (C=O) groups excluding carboxylic acids is 1. The number of rotatable bonds is 7. The number of hydrogen-bond acceptors (Lipinski definition) is 2. The molecule has 5 heteroatoms. The molecule has 0 aliphatic carbocycles. The van der Waals surface area contributed by atoms with Crippen LogP contribution >= 0.6 is 35.0 Å². The Balaban J connectivity index is 1.85. The van der Waals surface area contributed by atoms with E-state index < -0.39 is 0 Å². The summed E-state index contributed by atoms with van der Waals surface area (Å²) in [6, 6.07) is 15.5. The molecule has 1 N–H and O–H groups in total. The summed E-state index contributed by atoms with van der Waals surface area (Å²) in [7, 11) is 0. The van der Waals surface area contributed by atoms with Crippen LogP contribution in [0, 0.1) is 0 Å². The van der Waals surface area contributed by atoms with Crippen LogP contribution in [-0.2, 0) is 10.5 Å². The summed E-state index contributed by atoms with van der Waals surface area (Å²) < 4.78 is 0. The van der Waals surface area contributed by atoms with E-state index in [1.165, 1.54) is 11.8 Å². The third-order valence-corrected chi connectivity index (χ3v) is 5.15. The summed E-state index contributed by atoms with van der Waals surface area (Å²) in [6.45, 7) is 2.06. The average Bonchev–Trinajstić information content (AvgIpc) is 2.56. The molecule has 122 valence electrons. The molecule has 2 aromatic carbocycles. The number of halogens is 2. The van der Waals surface area contributed by atoms with Crippen molar-refractivity contribution in [3.63, 3.8) is 0 Å². The topological polar surface area (TPSA) is 29.1 Å². The van der Waals surface area contributed by atoms with Crippen molar-refractivity contribution < 1.29 is 4.79 Å². The van der Waals surface area contributed by atoms with Crippen molar-refractivity contribution in [2.24, 2.45) is 0 Å². The summed E-state index contributed by atoms with van der Waals surface area (Å²) in [5, 5.41) is 4.35. The fraction of sp³-hybridized carbons (Fsp3) is 0.278. The lowest BCUT2D eigenvalue weighted by molar-refractivity contribution is -0.119. The predicted molar refractivity (Wildman–Crippen MR) is 100 cm³/mol. The number of carbonyl (C=O) groups is 1. The van der Waals surface area contributed by atoms with Crippen LogP contribution < -0.4 is 5.32 Å². The van der Waals surface area contributed by atoms with Gasteiger partial charge in [0.25, 0.3) is 0 Å². The van der Waals surface area contributed by atoms with Crippen molar-refractivity contribution in [1.82, 2.24) is 5.32 Å². The van der Waals surface area contributed by atoms with Crippen molar-refractivity contribution in [2.45, 2.75) is 25.1 Å². The highest BCUT2D eigenvalue weighted by Gasteiger charge is 2.13. The van der Waals surface area contributed by atoms with Gasteiger partial charge in [-0.3, -0.25) is 4.79 Å². The molecular formula is C18H19Cl2NOS. The Kier molecular flexibility index (Phi) is 7.28. The Morgan fingerprint density at radius 3 is 2.35 bits per heavy atom. The molecule has 1 amide bonds. The third kappa shape index (κ3) is 5.45. The molecule has 2 aromatic rings. The molecule has 2 nitrogen and oxygen atoms in total. The van der Waals surface area contributed by atoms with Gasteiger partial charge in [-0.05, 0) is 29.7 Å². The minimum atomic E-state index is 0.0221. The van der Waals surface area contributed by atoms with Gasteiger partial charge in [0.1, 0.15) is 0 Å². The first-order valence-corrected chi connectivity index (χ1v) is 9.37. The Bertz CT molecular complexity index is 628. The fourth-order valence-electron chi connectivity index (χ4n) is 2.26. The highest BCUT2D eigenvalue weighted by molar-refractivity contribution is 7.99. The standard InChI is InChI=1S/C18H19Cl2NOS/c1-2-17(13-7-4-3-5-8-13)21-18(22)12-23-11-14-15(19)9-6-10-16(14)20/h3-10,17H,2,11-12H2,1H3,(H,21,22)/t17-/m0/s1. The van der Waals surface area contributed by atoms with Gasteiger partial charge in [0.2, 0.25) is 5.91 Å². The monoisotopic (exact) mass is 367 g/mol. The molecule has 0 bridgehead atoms. The highest BCUT2D eigenvalue weighted by Crippen LogP contribution is 2.28. The number of nitrogens with one attached hydrogen (secondary N) is 1. The Labute approximate surface area is 151 Å². The van der Waals surface area contributed by atoms with Crippen molar-refractivity contribution in [3.8, 4) is 0 Å². The van der Waals surface area contributed by atoms with E-state index in [4.69, 9.17) is 23.2 Å². The second kappa shape index (κ2) is 9.21. The molecule has 0 aromatic heterocycles. The fourth-order valence-corrected chi connectivity index (χ4v) is 3.83. The van der Waals surface area contributed by atoms with Gasteiger partial charge in [-0.2, -0.15) is 0 Å². The number of thioether (sulfide) groups is 1. The third-order valence-electron chi connectivity index (χ3n) is 3.49. The summed E-state index contributed by atoms with van der Waals surface area (Å²) in [5.74, 6) is 1.02. The van der Waals surface area contributed by atoms with E-state index in [2.05, 4.69) is 12.2 Å². The zero-order chi connectivity index (χ0) is 16.7. The lowest BCUT2D eigenvalue weighted by Gasteiger charge is -2.17. The van der Waals surface area contributed by atoms with E-state index in [-0.39, 0.29) is 11.9 Å². The SMILES string of the molecule is CC[C@H](NC(=O)CSCc1c(Cl)cccc1Cl)c1ccccc1. The van der Waals surface area contributed by atoms with Gasteiger partial charge in [0.05, 0.1) is 11.8 Å². The smallest absolute Gasteiger partial charge is 0.230 e. The summed E-state index contributed by atoms with van der Waals surface area (Å²) >= 11 is 13.8. The molecule has 2 rings (SSSR count). The molecule has 1 atom stereocenters. The number of benzene rings is 2. The van der Waals surface area contributed by atoms with Crippen molar-refractivity contribution in [2.75, 3.05) is 5.75 Å². The van der Waals surface area contributed by atoms with Crippen LogP contribution in [0.25, 0.3) is 0 Å². The van der Waals surface area contributed by atoms with E-state index in [1.807, 2.05) is 48.5 Å². The van der Waals surface area contributed by atoms with E-state index in [9.17, 15) is 4.79 Å². The van der Waals surface area contributed by atoms with Gasteiger partial charge in [-0.25, -0.2) is 0 Å². The zero-order valence-electron chi connectivity index (χ0n) is 12.9. The normalized spacial score (nSPS) is 12.0. The largest absolute Gasteiger partial charge is 0.349 e. The van der Waals surface area contributed by atoms with E-state index >= 15 is 0 Å². The quantitative estimate of drug-likeness (QED) is 0.700. The van der Waals surface area contributed by atoms with Gasteiger partial charge < -0.3 is 5.32 Å². The summed E-state index contributed by atoms with van der Waals surface area (Å²) in [4.78, 5) is 12.1. The van der Waals surface area contributed by atoms with Gasteiger partial charge in [-0.15, -0.1) is 11.8 Å². The molecule has 0 aliphatic rings. The second-order valence-electron chi connectivity index (χ2n) is 5.13. The molecule has 23 heavy (non-hydrogen) atoms. The van der Waals surface area contributed by atoms with Crippen LogP contribution in [0.5, 0.6) is 0 Å². The highest BCUT2D eigenvalue weighted by atomic mass is 35.5. The van der Waals surface area contributed by atoms with E-state index in [0.717, 1.165) is 17.5 Å². The lowest BCUT2D eigenvalue weighted by Crippen LogP contribution is -2.29. The first-order valence-electron chi connectivity index (χ1n) is 7.46. The molecule has 0 fully saturated rings. The van der Waals surface area contributed by atoms with Gasteiger partial charge in [-0.1, -0.05) is 66.5 Å². The van der Waals surface area contributed by atoms with Gasteiger partial charge in [0.15, 0.2) is 0 Å². The van der Waals surface area contributed by atoms with Crippen LogP contribution in [0.3, 0.4) is 0 Å². The number of hydrogen-bond donors (Lipinski definition) is 1. The number of amides is 1. The molecule has 0 unspecified atom stereocenters. The van der Waals surface area contributed by atoms with Crippen molar-refractivity contribution in [3.05, 3.63) is 69.7 Å². The Hall–Kier alpha value is -1.16. The van der Waals surface area contributed by atoms with E-state index in [1.54, 1.807) is 0 Å².